The Morgan fingerprint density at radius 1 is 1.23 bits per heavy atom. The summed E-state index contributed by atoms with van der Waals surface area (Å²) in [6, 6.07) is 3.75. The summed E-state index contributed by atoms with van der Waals surface area (Å²) >= 11 is 0. The highest BCUT2D eigenvalue weighted by atomic mass is 16.6. The number of carbonyl (C=O) groups is 1. The zero-order valence-electron chi connectivity index (χ0n) is 16.2. The Kier molecular flexibility index (Phi) is 6.02. The molecule has 2 heterocycles. The van der Waals surface area contributed by atoms with Crippen LogP contribution in [0.1, 0.15) is 29.9 Å². The minimum atomic E-state index is -0.735. The first-order chi connectivity index (χ1) is 14.4. The van der Waals surface area contributed by atoms with Gasteiger partial charge in [0.2, 0.25) is 11.6 Å². The molecule has 3 aromatic rings. The molecule has 11 nitrogen and oxygen atoms in total. The summed E-state index contributed by atoms with van der Waals surface area (Å²) in [4.78, 5) is 43.5. The third-order valence-corrected chi connectivity index (χ3v) is 4.12. The lowest BCUT2D eigenvalue weighted by Gasteiger charge is -2.12. The van der Waals surface area contributed by atoms with Gasteiger partial charge in [0.25, 0.3) is 5.69 Å². The van der Waals surface area contributed by atoms with Crippen LogP contribution in [0.3, 0.4) is 0 Å². The van der Waals surface area contributed by atoms with Crippen molar-refractivity contribution in [2.75, 3.05) is 13.2 Å². The molecule has 0 radical (unpaired) electrons. The van der Waals surface area contributed by atoms with E-state index in [-0.39, 0.29) is 52.8 Å². The van der Waals surface area contributed by atoms with Gasteiger partial charge in [-0.3, -0.25) is 14.9 Å². The fourth-order valence-corrected chi connectivity index (χ4v) is 2.79. The van der Waals surface area contributed by atoms with Crippen molar-refractivity contribution in [1.82, 2.24) is 14.5 Å². The topological polar surface area (TPSA) is 147 Å². The summed E-state index contributed by atoms with van der Waals surface area (Å²) in [6.07, 6.45) is 2.63. The number of fused-ring (bicyclic) bond motifs is 1. The van der Waals surface area contributed by atoms with Gasteiger partial charge < -0.3 is 19.1 Å². The summed E-state index contributed by atoms with van der Waals surface area (Å²) in [6.45, 7) is 3.14. The van der Waals surface area contributed by atoms with E-state index in [2.05, 4.69) is 9.97 Å². The van der Waals surface area contributed by atoms with Gasteiger partial charge in [-0.2, -0.15) is 0 Å². The van der Waals surface area contributed by atoms with Gasteiger partial charge in [-0.1, -0.05) is 0 Å². The zero-order valence-corrected chi connectivity index (χ0v) is 16.2. The van der Waals surface area contributed by atoms with Crippen LogP contribution in [0.15, 0.2) is 35.4 Å². The molecule has 0 unspecified atom stereocenters. The van der Waals surface area contributed by atoms with Gasteiger partial charge in [0, 0.05) is 30.1 Å². The Morgan fingerprint density at radius 2 is 1.97 bits per heavy atom. The third kappa shape index (κ3) is 3.96. The van der Waals surface area contributed by atoms with Crippen LogP contribution in [0.4, 0.5) is 5.69 Å². The summed E-state index contributed by atoms with van der Waals surface area (Å²) in [7, 11) is 0. The molecule has 0 aliphatic carbocycles. The van der Waals surface area contributed by atoms with Gasteiger partial charge in [0.15, 0.2) is 5.43 Å². The van der Waals surface area contributed by atoms with Crippen LogP contribution in [-0.4, -0.2) is 43.7 Å². The molecule has 0 saturated carbocycles. The molecule has 0 atom stereocenters. The van der Waals surface area contributed by atoms with Gasteiger partial charge in [0.05, 0.1) is 35.8 Å². The Bertz CT molecular complexity index is 1190. The predicted molar refractivity (Wildman–Crippen MR) is 105 cm³/mol. The number of nitro groups is 1. The number of aromatic nitrogens is 3. The van der Waals surface area contributed by atoms with E-state index >= 15 is 0 Å². The molecule has 0 bridgehead atoms. The molecule has 2 aromatic heterocycles. The average Bonchev–Trinajstić information content (AvgIpc) is 2.73. The van der Waals surface area contributed by atoms with E-state index < -0.39 is 22.9 Å². The number of nitro benzene ring substituents is 1. The molecule has 156 valence electrons. The number of aliphatic hydroxyl groups excluding tert-OH is 1. The Hall–Kier alpha value is -3.86. The summed E-state index contributed by atoms with van der Waals surface area (Å²) in [5, 5.41) is 21.0. The van der Waals surface area contributed by atoms with Crippen molar-refractivity contribution in [2.24, 2.45) is 0 Å². The molecule has 0 spiro atoms. The molecule has 0 aliphatic rings. The minimum Gasteiger partial charge on any atom is -0.476 e. The lowest BCUT2D eigenvalue weighted by atomic mass is 10.2. The normalized spacial score (nSPS) is 10.8. The SMILES string of the molecule is CCOC(=O)c1nc2cc(-n3ccc(=O)c(CO)c3)c([N+](=O)[O-])cc2nc1OCC. The van der Waals surface area contributed by atoms with E-state index in [4.69, 9.17) is 9.47 Å². The third-order valence-electron chi connectivity index (χ3n) is 4.12. The maximum atomic E-state index is 12.3. The smallest absolute Gasteiger partial charge is 0.362 e. The van der Waals surface area contributed by atoms with Crippen LogP contribution in [0.2, 0.25) is 0 Å². The molecular formula is C19H18N4O7. The molecule has 11 heteroatoms. The van der Waals surface area contributed by atoms with Crippen LogP contribution >= 0.6 is 0 Å². The molecule has 0 aliphatic heterocycles. The van der Waals surface area contributed by atoms with Crippen LogP contribution in [0.25, 0.3) is 16.7 Å². The van der Waals surface area contributed by atoms with E-state index in [1.165, 1.54) is 35.2 Å². The van der Waals surface area contributed by atoms with Crippen molar-refractivity contribution in [3.8, 4) is 11.6 Å². The molecule has 3 rings (SSSR count). The lowest BCUT2D eigenvalue weighted by Crippen LogP contribution is -2.13. The zero-order chi connectivity index (χ0) is 21.8. The van der Waals surface area contributed by atoms with E-state index in [1.54, 1.807) is 13.8 Å². The predicted octanol–water partition coefficient (Wildman–Crippen LogP) is 1.76. The molecule has 30 heavy (non-hydrogen) atoms. The van der Waals surface area contributed by atoms with Crippen LogP contribution < -0.4 is 10.2 Å². The first kappa shape index (κ1) is 20.9. The lowest BCUT2D eigenvalue weighted by molar-refractivity contribution is -0.384. The molecule has 0 saturated heterocycles. The Balaban J connectivity index is 2.29. The van der Waals surface area contributed by atoms with Crippen LogP contribution in [0.5, 0.6) is 5.88 Å². The standard InChI is InChI=1S/C19H18N4O7/c1-3-29-18-17(19(26)30-4-2)20-12-7-14(15(23(27)28)8-13(12)21-18)22-6-5-16(25)11(9-22)10-24/h5-9,24H,3-4,10H2,1-2H3. The van der Waals surface area contributed by atoms with E-state index in [0.29, 0.717) is 0 Å². The highest BCUT2D eigenvalue weighted by molar-refractivity contribution is 5.93. The quantitative estimate of drug-likeness (QED) is 0.347. The van der Waals surface area contributed by atoms with Gasteiger partial charge in [0.1, 0.15) is 5.69 Å². The number of hydrogen-bond donors (Lipinski definition) is 1. The number of hydrogen-bond acceptors (Lipinski definition) is 9. The number of ether oxygens (including phenoxy) is 2. The number of benzene rings is 1. The number of aliphatic hydroxyl groups is 1. The molecular weight excluding hydrogens is 396 g/mol. The van der Waals surface area contributed by atoms with Gasteiger partial charge >= 0.3 is 5.97 Å². The Morgan fingerprint density at radius 3 is 2.60 bits per heavy atom. The van der Waals surface area contributed by atoms with Crippen molar-refractivity contribution in [3.63, 3.8) is 0 Å². The van der Waals surface area contributed by atoms with Crippen molar-refractivity contribution in [3.05, 3.63) is 62.2 Å². The van der Waals surface area contributed by atoms with Crippen molar-refractivity contribution < 1.29 is 24.3 Å². The van der Waals surface area contributed by atoms with E-state index in [0.717, 1.165) is 0 Å². The largest absolute Gasteiger partial charge is 0.476 e. The fourth-order valence-electron chi connectivity index (χ4n) is 2.79. The minimum absolute atomic E-state index is 0.0666. The van der Waals surface area contributed by atoms with Crippen LogP contribution in [0, 0.1) is 10.1 Å². The molecule has 1 N–H and O–H groups in total. The summed E-state index contributed by atoms with van der Waals surface area (Å²) < 4.78 is 11.7. The van der Waals surface area contributed by atoms with E-state index in [9.17, 15) is 24.8 Å². The number of esters is 1. The average molecular weight is 414 g/mol. The molecule has 0 fully saturated rings. The second-order valence-corrected chi connectivity index (χ2v) is 6.02. The molecule has 1 aromatic carbocycles. The number of nitrogens with zero attached hydrogens (tertiary/aromatic N) is 4. The second-order valence-electron chi connectivity index (χ2n) is 6.02. The number of pyridine rings is 1. The first-order valence-electron chi connectivity index (χ1n) is 9.02. The Labute approximate surface area is 169 Å². The van der Waals surface area contributed by atoms with Gasteiger partial charge in [-0.15, -0.1) is 0 Å². The summed E-state index contributed by atoms with van der Waals surface area (Å²) in [5.41, 5.74) is -0.385. The number of rotatable bonds is 7. The second kappa shape index (κ2) is 8.66. The van der Waals surface area contributed by atoms with Crippen molar-refractivity contribution >= 4 is 22.7 Å². The monoisotopic (exact) mass is 414 g/mol. The van der Waals surface area contributed by atoms with Crippen molar-refractivity contribution in [2.45, 2.75) is 20.5 Å². The maximum Gasteiger partial charge on any atom is 0.362 e. The van der Waals surface area contributed by atoms with Crippen molar-refractivity contribution in [1.29, 1.82) is 0 Å². The highest BCUT2D eigenvalue weighted by Gasteiger charge is 2.23. The van der Waals surface area contributed by atoms with Crippen LogP contribution in [-0.2, 0) is 11.3 Å². The fraction of sp³-hybridized carbons (Fsp3) is 0.263. The van der Waals surface area contributed by atoms with Gasteiger partial charge in [-0.25, -0.2) is 14.8 Å². The maximum absolute atomic E-state index is 12.3. The molecule has 0 amide bonds. The first-order valence-corrected chi connectivity index (χ1v) is 9.02. The van der Waals surface area contributed by atoms with Gasteiger partial charge in [-0.05, 0) is 19.9 Å². The van der Waals surface area contributed by atoms with E-state index in [1.807, 2.05) is 0 Å². The highest BCUT2D eigenvalue weighted by Crippen LogP contribution is 2.29. The number of carbonyl (C=O) groups excluding carboxylic acids is 1. The summed E-state index contributed by atoms with van der Waals surface area (Å²) in [5.74, 6) is -0.822.